The first-order valence-electron chi connectivity index (χ1n) is 8.61. The summed E-state index contributed by atoms with van der Waals surface area (Å²) in [5.41, 5.74) is 1.84. The van der Waals surface area contributed by atoms with E-state index < -0.39 is 0 Å². The number of halogens is 1. The summed E-state index contributed by atoms with van der Waals surface area (Å²) in [6.07, 6.45) is 0. The van der Waals surface area contributed by atoms with Crippen LogP contribution in [0.3, 0.4) is 0 Å². The van der Waals surface area contributed by atoms with Crippen molar-refractivity contribution in [2.24, 2.45) is 0 Å². The van der Waals surface area contributed by atoms with Crippen LogP contribution >= 0.6 is 0 Å². The first-order valence-corrected chi connectivity index (χ1v) is 8.61. The second-order valence-electron chi connectivity index (χ2n) is 6.05. The van der Waals surface area contributed by atoms with Crippen molar-refractivity contribution in [3.63, 3.8) is 0 Å². The molecule has 140 valence electrons. The number of quaternary nitrogens is 1. The van der Waals surface area contributed by atoms with Crippen molar-refractivity contribution in [1.29, 1.82) is 0 Å². The molecule has 26 heavy (non-hydrogen) atoms. The number of methoxy groups -OCH3 is 2. The number of amides is 1. The van der Waals surface area contributed by atoms with Gasteiger partial charge in [-0.15, -0.1) is 0 Å². The van der Waals surface area contributed by atoms with Crippen molar-refractivity contribution in [3.8, 4) is 11.5 Å². The van der Waals surface area contributed by atoms with Crippen LogP contribution in [0.15, 0.2) is 42.5 Å². The van der Waals surface area contributed by atoms with Crippen LogP contribution in [0.5, 0.6) is 11.5 Å². The molecule has 0 spiro atoms. The molecule has 1 atom stereocenters. The quantitative estimate of drug-likeness (QED) is 0.713. The highest BCUT2D eigenvalue weighted by atomic mass is 19.1. The molecule has 1 unspecified atom stereocenters. The molecule has 2 rings (SSSR count). The largest absolute Gasteiger partial charge is 0.497 e. The van der Waals surface area contributed by atoms with Gasteiger partial charge in [-0.1, -0.05) is 12.1 Å². The Labute approximate surface area is 153 Å². The van der Waals surface area contributed by atoms with Crippen molar-refractivity contribution in [2.45, 2.75) is 20.0 Å². The summed E-state index contributed by atoms with van der Waals surface area (Å²) in [5, 5.41) is 2.92. The van der Waals surface area contributed by atoms with Gasteiger partial charge in [0.1, 0.15) is 12.3 Å². The van der Waals surface area contributed by atoms with Gasteiger partial charge < -0.3 is 19.7 Å². The highest BCUT2D eigenvalue weighted by Gasteiger charge is 2.14. The van der Waals surface area contributed by atoms with Gasteiger partial charge in [0.05, 0.1) is 20.8 Å². The van der Waals surface area contributed by atoms with Gasteiger partial charge in [0.15, 0.2) is 18.1 Å². The van der Waals surface area contributed by atoms with E-state index in [2.05, 4.69) is 5.32 Å². The fraction of sp³-hybridized carbons (Fsp3) is 0.350. The summed E-state index contributed by atoms with van der Waals surface area (Å²) < 4.78 is 23.9. The molecule has 0 bridgehead atoms. The first-order chi connectivity index (χ1) is 12.5. The predicted octanol–water partition coefficient (Wildman–Crippen LogP) is 1.56. The van der Waals surface area contributed by atoms with E-state index in [0.717, 1.165) is 28.3 Å². The average molecular weight is 361 g/mol. The van der Waals surface area contributed by atoms with E-state index >= 15 is 0 Å². The van der Waals surface area contributed by atoms with Gasteiger partial charge in [-0.25, -0.2) is 4.39 Å². The Kier molecular flexibility index (Phi) is 7.41. The molecule has 0 aliphatic carbocycles. The summed E-state index contributed by atoms with van der Waals surface area (Å²) in [6, 6.07) is 12.5. The molecule has 0 aromatic heterocycles. The van der Waals surface area contributed by atoms with E-state index in [1.54, 1.807) is 13.2 Å². The SMILES string of the molecule is CC[NH+](CC(=O)NCc1ccc(OC)cc1)Cc1ccc(OC)c(F)c1. The third-order valence-corrected chi connectivity index (χ3v) is 4.23. The summed E-state index contributed by atoms with van der Waals surface area (Å²) in [7, 11) is 3.06. The Hall–Kier alpha value is -2.60. The minimum absolute atomic E-state index is 0.0355. The molecule has 0 saturated carbocycles. The number of hydrogen-bond donors (Lipinski definition) is 2. The zero-order valence-corrected chi connectivity index (χ0v) is 15.5. The number of carbonyl (C=O) groups is 1. The Morgan fingerprint density at radius 3 is 2.35 bits per heavy atom. The lowest BCUT2D eigenvalue weighted by Gasteiger charge is -2.17. The maximum atomic E-state index is 13.8. The summed E-state index contributed by atoms with van der Waals surface area (Å²) in [4.78, 5) is 13.3. The highest BCUT2D eigenvalue weighted by Crippen LogP contribution is 2.17. The third-order valence-electron chi connectivity index (χ3n) is 4.23. The lowest BCUT2D eigenvalue weighted by molar-refractivity contribution is -0.904. The Balaban J connectivity index is 1.85. The van der Waals surface area contributed by atoms with E-state index in [-0.39, 0.29) is 17.5 Å². The van der Waals surface area contributed by atoms with Gasteiger partial charge in [0.25, 0.3) is 5.91 Å². The normalized spacial score (nSPS) is 11.7. The van der Waals surface area contributed by atoms with E-state index in [1.165, 1.54) is 13.2 Å². The van der Waals surface area contributed by atoms with Crippen LogP contribution in [0.25, 0.3) is 0 Å². The highest BCUT2D eigenvalue weighted by molar-refractivity contribution is 5.76. The monoisotopic (exact) mass is 361 g/mol. The van der Waals surface area contributed by atoms with Gasteiger partial charge in [-0.3, -0.25) is 4.79 Å². The molecule has 6 heteroatoms. The average Bonchev–Trinajstić information content (AvgIpc) is 2.66. The van der Waals surface area contributed by atoms with Crippen LogP contribution < -0.4 is 19.7 Å². The minimum Gasteiger partial charge on any atom is -0.497 e. The zero-order chi connectivity index (χ0) is 18.9. The molecule has 0 aliphatic rings. The number of carbonyl (C=O) groups excluding carboxylic acids is 1. The van der Waals surface area contributed by atoms with E-state index in [9.17, 15) is 9.18 Å². The van der Waals surface area contributed by atoms with Gasteiger partial charge in [0, 0.05) is 12.1 Å². The van der Waals surface area contributed by atoms with Crippen LogP contribution in [-0.2, 0) is 17.9 Å². The van der Waals surface area contributed by atoms with Crippen molar-refractivity contribution in [2.75, 3.05) is 27.3 Å². The zero-order valence-electron chi connectivity index (χ0n) is 15.5. The molecule has 2 N–H and O–H groups in total. The maximum absolute atomic E-state index is 13.8. The van der Waals surface area contributed by atoms with Crippen molar-refractivity contribution >= 4 is 5.91 Å². The topological polar surface area (TPSA) is 52.0 Å². The number of benzene rings is 2. The van der Waals surface area contributed by atoms with E-state index in [1.807, 2.05) is 37.3 Å². The fourth-order valence-electron chi connectivity index (χ4n) is 2.65. The van der Waals surface area contributed by atoms with Crippen LogP contribution in [0.4, 0.5) is 4.39 Å². The van der Waals surface area contributed by atoms with Crippen LogP contribution in [0.1, 0.15) is 18.1 Å². The Morgan fingerprint density at radius 2 is 1.77 bits per heavy atom. The summed E-state index contributed by atoms with van der Waals surface area (Å²) >= 11 is 0. The van der Waals surface area contributed by atoms with E-state index in [0.29, 0.717) is 19.6 Å². The molecular formula is C20H26FN2O3+. The molecule has 0 aliphatic heterocycles. The lowest BCUT2D eigenvalue weighted by Crippen LogP contribution is -3.11. The molecule has 0 heterocycles. The van der Waals surface area contributed by atoms with Crippen molar-refractivity contribution in [3.05, 3.63) is 59.4 Å². The second-order valence-corrected chi connectivity index (χ2v) is 6.05. The second kappa shape index (κ2) is 9.77. The lowest BCUT2D eigenvalue weighted by atomic mass is 10.2. The number of hydrogen-bond acceptors (Lipinski definition) is 3. The van der Waals surface area contributed by atoms with E-state index in [4.69, 9.17) is 9.47 Å². The van der Waals surface area contributed by atoms with Crippen LogP contribution in [0.2, 0.25) is 0 Å². The number of nitrogens with one attached hydrogen (secondary N) is 2. The van der Waals surface area contributed by atoms with Gasteiger partial charge >= 0.3 is 0 Å². The molecule has 0 radical (unpaired) electrons. The maximum Gasteiger partial charge on any atom is 0.275 e. The molecule has 5 nitrogen and oxygen atoms in total. The molecule has 0 saturated heterocycles. The molecule has 1 amide bonds. The van der Waals surface area contributed by atoms with Crippen LogP contribution in [-0.4, -0.2) is 33.2 Å². The smallest absolute Gasteiger partial charge is 0.275 e. The number of likely N-dealkylation sites (N-methyl/N-ethyl adjacent to an activating group) is 1. The molecule has 2 aromatic carbocycles. The Bertz CT molecular complexity index is 719. The van der Waals surface area contributed by atoms with Gasteiger partial charge in [-0.2, -0.15) is 0 Å². The Morgan fingerprint density at radius 1 is 1.08 bits per heavy atom. The summed E-state index contributed by atoms with van der Waals surface area (Å²) in [6.45, 7) is 4.15. The molecular weight excluding hydrogens is 335 g/mol. The number of ether oxygens (including phenoxy) is 2. The van der Waals surface area contributed by atoms with Gasteiger partial charge in [0.2, 0.25) is 0 Å². The van der Waals surface area contributed by atoms with Crippen molar-refractivity contribution in [1.82, 2.24) is 5.32 Å². The molecule has 2 aromatic rings. The number of rotatable bonds is 9. The predicted molar refractivity (Wildman–Crippen MR) is 97.9 cm³/mol. The third kappa shape index (κ3) is 5.74. The first kappa shape index (κ1) is 19.7. The summed E-state index contributed by atoms with van der Waals surface area (Å²) in [5.74, 6) is 0.591. The molecule has 0 fully saturated rings. The van der Waals surface area contributed by atoms with Gasteiger partial charge in [-0.05, 0) is 42.8 Å². The van der Waals surface area contributed by atoms with Crippen LogP contribution in [0, 0.1) is 5.82 Å². The van der Waals surface area contributed by atoms with Crippen molar-refractivity contribution < 1.29 is 23.6 Å². The fourth-order valence-corrected chi connectivity index (χ4v) is 2.65. The minimum atomic E-state index is -0.385. The standard InChI is InChI=1S/C20H25FN2O3/c1-4-23(13-16-7-10-19(26-3)18(21)11-16)14-20(24)22-12-15-5-8-17(25-2)9-6-15/h5-11H,4,12-14H2,1-3H3,(H,22,24)/p+1.